The quantitative estimate of drug-likeness (QED) is 0.0821. The van der Waals surface area contributed by atoms with Gasteiger partial charge in [-0.15, -0.1) is 13.2 Å². The van der Waals surface area contributed by atoms with Crippen molar-refractivity contribution in [2.45, 2.75) is 280 Å². The van der Waals surface area contributed by atoms with Crippen LogP contribution in [0.3, 0.4) is 0 Å². The molecule has 4 saturated heterocycles. The molecule has 0 aromatic carbocycles. The third-order valence-corrected chi connectivity index (χ3v) is 16.9. The predicted octanol–water partition coefficient (Wildman–Crippen LogP) is 7.85. The molecular formula is C69H108N8O18. The zero-order valence-electron chi connectivity index (χ0n) is 58.3. The largest absolute Gasteiger partial charge is 0.467 e. The molecule has 7 aliphatic heterocycles. The van der Waals surface area contributed by atoms with E-state index in [1.807, 2.05) is 30.4 Å². The van der Waals surface area contributed by atoms with Crippen LogP contribution in [-0.2, 0) is 71.5 Å². The minimum absolute atomic E-state index is 0.0511. The van der Waals surface area contributed by atoms with Crippen LogP contribution >= 0.6 is 0 Å². The van der Waals surface area contributed by atoms with Gasteiger partial charge < -0.3 is 74.4 Å². The number of ether oxygens (including phenoxy) is 7. The van der Waals surface area contributed by atoms with E-state index in [4.69, 9.17) is 38.9 Å². The molecule has 4 fully saturated rings. The van der Waals surface area contributed by atoms with Crippen LogP contribution in [-0.4, -0.2) is 203 Å². The van der Waals surface area contributed by atoms with Crippen LogP contribution in [0.2, 0.25) is 0 Å². The molecule has 0 spiro atoms. The fourth-order valence-electron chi connectivity index (χ4n) is 12.7. The van der Waals surface area contributed by atoms with Crippen molar-refractivity contribution in [1.82, 2.24) is 35.6 Å². The second-order valence-electron chi connectivity index (χ2n) is 27.6. The maximum absolute atomic E-state index is 13.3. The summed E-state index contributed by atoms with van der Waals surface area (Å²) in [4.78, 5) is 143. The Bertz CT molecular complexity index is 2670. The molecule has 95 heavy (non-hydrogen) atoms. The van der Waals surface area contributed by atoms with Crippen molar-refractivity contribution >= 4 is 65.8 Å². The van der Waals surface area contributed by atoms with Gasteiger partial charge in [-0.25, -0.2) is 33.6 Å². The summed E-state index contributed by atoms with van der Waals surface area (Å²) >= 11 is 0. The lowest BCUT2D eigenvalue weighted by atomic mass is 9.90. The summed E-state index contributed by atoms with van der Waals surface area (Å²) in [6, 6.07) is -5.42. The lowest BCUT2D eigenvalue weighted by molar-refractivity contribution is -0.158. The molecule has 7 aliphatic rings. The minimum Gasteiger partial charge on any atom is -0.467 e. The Labute approximate surface area is 561 Å². The number of nitrogens with two attached hydrogens (primary N) is 1. The Morgan fingerprint density at radius 1 is 0.484 bits per heavy atom. The summed E-state index contributed by atoms with van der Waals surface area (Å²) in [5, 5.41) is 7.91. The number of fused-ring (bicyclic) bond motifs is 3. The van der Waals surface area contributed by atoms with E-state index in [0.29, 0.717) is 64.2 Å². The van der Waals surface area contributed by atoms with Crippen molar-refractivity contribution in [1.29, 1.82) is 0 Å². The molecule has 26 nitrogen and oxygen atoms in total. The van der Waals surface area contributed by atoms with Gasteiger partial charge >= 0.3 is 42.2 Å². The molecule has 532 valence electrons. The molecule has 0 saturated carbocycles. The first-order valence-corrected chi connectivity index (χ1v) is 33.3. The number of carbonyl (C=O) groups excluding carboxylic acids is 11. The molecule has 0 radical (unpaired) electrons. The maximum atomic E-state index is 13.3. The number of carbonyl (C=O) groups is 11. The van der Waals surface area contributed by atoms with E-state index in [0.717, 1.165) is 57.8 Å². The normalized spacial score (nSPS) is 27.3. The molecular weight excluding hydrogens is 1230 g/mol. The van der Waals surface area contributed by atoms with E-state index in [2.05, 4.69) is 35.2 Å². The second-order valence-corrected chi connectivity index (χ2v) is 27.6. The summed E-state index contributed by atoms with van der Waals surface area (Å²) in [6.45, 7) is 23.2. The van der Waals surface area contributed by atoms with Gasteiger partial charge in [0.05, 0.1) is 34.5 Å². The highest BCUT2D eigenvalue weighted by Crippen LogP contribution is 2.33. The van der Waals surface area contributed by atoms with Gasteiger partial charge in [-0.1, -0.05) is 48.6 Å². The van der Waals surface area contributed by atoms with Gasteiger partial charge in [-0.3, -0.25) is 19.2 Å². The molecule has 5 N–H and O–H groups in total. The molecule has 0 unspecified atom stereocenters. The van der Waals surface area contributed by atoms with E-state index < -0.39 is 101 Å². The van der Waals surface area contributed by atoms with Gasteiger partial charge in [0.25, 0.3) is 0 Å². The average molecular weight is 1340 g/mol. The van der Waals surface area contributed by atoms with E-state index in [1.165, 1.54) is 28.4 Å². The van der Waals surface area contributed by atoms with Crippen LogP contribution in [0.4, 0.5) is 14.4 Å². The number of hydrogen-bond donors (Lipinski definition) is 4. The van der Waals surface area contributed by atoms with Gasteiger partial charge in [0.15, 0.2) is 0 Å². The first-order chi connectivity index (χ1) is 44.7. The third kappa shape index (κ3) is 24.4. The minimum atomic E-state index is -0.866. The number of rotatable bonds is 12. The topological polar surface area (TPSA) is 327 Å². The lowest BCUT2D eigenvalue weighted by Gasteiger charge is -2.42. The average Bonchev–Trinajstić information content (AvgIpc) is 0.835. The molecule has 26 heteroatoms. The maximum Gasteiger partial charge on any atom is 0.408 e. The number of esters is 4. The summed E-state index contributed by atoms with van der Waals surface area (Å²) in [6.07, 6.45) is 26.7. The van der Waals surface area contributed by atoms with Crippen LogP contribution in [0.25, 0.3) is 0 Å². The summed E-state index contributed by atoms with van der Waals surface area (Å²) in [7, 11) is 5.33. The highest BCUT2D eigenvalue weighted by molar-refractivity contribution is 5.93. The number of amides is 7. The van der Waals surface area contributed by atoms with Crippen LogP contribution in [0, 0.1) is 0 Å². The molecule has 0 aromatic heterocycles. The van der Waals surface area contributed by atoms with Crippen molar-refractivity contribution in [3.05, 3.63) is 61.8 Å². The first-order valence-electron chi connectivity index (χ1n) is 33.3. The van der Waals surface area contributed by atoms with E-state index in [-0.39, 0.29) is 60.2 Å². The van der Waals surface area contributed by atoms with Gasteiger partial charge in [-0.2, -0.15) is 0 Å². The molecule has 0 aliphatic carbocycles. The van der Waals surface area contributed by atoms with Crippen LogP contribution in [0.5, 0.6) is 0 Å². The van der Waals surface area contributed by atoms with Crippen LogP contribution in [0.15, 0.2) is 61.8 Å². The predicted molar refractivity (Wildman–Crippen MR) is 353 cm³/mol. The number of alkyl carbamates (subject to hydrolysis) is 3. The molecule has 0 aromatic rings. The van der Waals surface area contributed by atoms with Crippen molar-refractivity contribution < 1.29 is 85.9 Å². The Morgan fingerprint density at radius 2 is 0.821 bits per heavy atom. The fourth-order valence-corrected chi connectivity index (χ4v) is 12.7. The van der Waals surface area contributed by atoms with Crippen LogP contribution < -0.4 is 21.7 Å². The summed E-state index contributed by atoms with van der Waals surface area (Å²) in [5.41, 5.74) is 3.89. The number of methoxy groups -OCH3 is 4. The Kier molecular flexibility index (Phi) is 31.5. The Balaban J connectivity index is 0.000000272. The van der Waals surface area contributed by atoms with E-state index in [1.54, 1.807) is 94.1 Å². The van der Waals surface area contributed by atoms with Gasteiger partial charge in [0.2, 0.25) is 23.6 Å². The van der Waals surface area contributed by atoms with Gasteiger partial charge in [0, 0.05) is 24.2 Å². The molecule has 7 heterocycles. The highest BCUT2D eigenvalue weighted by Gasteiger charge is 2.46. The second kappa shape index (κ2) is 37.5. The lowest BCUT2D eigenvalue weighted by Crippen LogP contribution is -2.59. The number of nitrogens with one attached hydrogen (secondary N) is 3. The smallest absolute Gasteiger partial charge is 0.408 e. The first kappa shape index (κ1) is 79.7. The Hall–Kier alpha value is -7.77. The third-order valence-electron chi connectivity index (χ3n) is 16.9. The zero-order valence-corrected chi connectivity index (χ0v) is 58.3. The van der Waals surface area contributed by atoms with Crippen LogP contribution in [0.1, 0.15) is 191 Å². The SMILES string of the molecule is C=CC[C@H]1CCC[C@@H](C(=O)OC)N1C(=O)[C@H](CC=C)NC(=O)OC(C)(C)C.COC(=O)[C@@H]1CCC[C@@H]2C/C=C\C[C@H](N)C(=O)N21.COC(=O)[C@@H]1CCC[C@@H]2C/C=C\C[C@H](NC(=O)OC(C)(C)C)C(=O)N21.COC(=O)[C@@H]1CCC[C@@H]2C/C=C\C[C@H](NC(=O)OC(C)(C)C)C(=O)N21. The van der Waals surface area contributed by atoms with Gasteiger partial charge in [0.1, 0.15) is 59.1 Å². The Morgan fingerprint density at radius 3 is 1.19 bits per heavy atom. The fraction of sp³-hybridized carbons (Fsp3) is 0.696. The van der Waals surface area contributed by atoms with E-state index in [9.17, 15) is 52.7 Å². The van der Waals surface area contributed by atoms with Crippen molar-refractivity contribution in [3.8, 4) is 0 Å². The number of nitrogens with zero attached hydrogens (tertiary/aromatic N) is 4. The molecule has 12 atom stereocenters. The van der Waals surface area contributed by atoms with Crippen molar-refractivity contribution in [2.75, 3.05) is 28.4 Å². The number of hydrogen-bond acceptors (Lipinski definition) is 19. The standard InChI is InChI=1S/C20H32N2O5.2C18H28N2O5.C13H20N2O3/c1-7-10-14-12-9-13-16(18(24)26-6)22(14)17(23)15(11-8-2)21-19(25)27-20(3,4)5;2*1-18(2,3)25-17(23)19-13-10-6-5-8-12-9-7-11-14(16(22)24-4)20(12)15(13)21;1-18-13(17)11-8-4-6-9-5-2-3-7-10(14)12(16)15(9)11/h7-8,14-16H,1-2,9-13H2,3-6H3,(H,21,25);2*5-6,12-14H,7-11H2,1-4H3,(H,19,23);2-3,9-11H,4-8,14H2,1H3/b;2*6-5-;3-2-/t14-,15-,16-;2*12-,13-,14-;9-,10-,11-/m0000/s1. The monoisotopic (exact) mass is 1340 g/mol. The highest BCUT2D eigenvalue weighted by atomic mass is 16.6. The molecule has 0 bridgehead atoms. The molecule has 7 amide bonds. The van der Waals surface area contributed by atoms with E-state index >= 15 is 0 Å². The zero-order chi connectivity index (χ0) is 71.0. The number of likely N-dealkylation sites (tertiary alicyclic amines) is 1. The summed E-state index contributed by atoms with van der Waals surface area (Å²) in [5.74, 6) is -2.57. The molecule has 7 rings (SSSR count). The van der Waals surface area contributed by atoms with Crippen molar-refractivity contribution in [3.63, 3.8) is 0 Å². The van der Waals surface area contributed by atoms with Gasteiger partial charge in [-0.05, 0) is 191 Å². The number of piperidine rings is 4. The summed E-state index contributed by atoms with van der Waals surface area (Å²) < 4.78 is 35.2. The van der Waals surface area contributed by atoms with Crippen molar-refractivity contribution in [2.24, 2.45) is 5.73 Å².